The molecule has 0 fully saturated rings. The molecular weight excluding hydrogens is 271 g/mol. The number of hydrogen-bond donors (Lipinski definition) is 0. The topological polar surface area (TPSA) is 6.48 Å². The molecule has 0 amide bonds. The molecular formula is C18H23AlN2. The van der Waals surface area contributed by atoms with Gasteiger partial charge in [-0.3, -0.25) is 0 Å². The van der Waals surface area contributed by atoms with Gasteiger partial charge in [-0.2, -0.15) is 0 Å². The molecule has 21 heavy (non-hydrogen) atoms. The van der Waals surface area contributed by atoms with Gasteiger partial charge in [-0.05, 0) is 30.2 Å². The summed E-state index contributed by atoms with van der Waals surface area (Å²) in [5, 5.41) is 0. The normalized spacial score (nSPS) is 17.6. The van der Waals surface area contributed by atoms with Crippen LogP contribution in [0.2, 0.25) is 11.6 Å². The third kappa shape index (κ3) is 2.57. The Morgan fingerprint density at radius 1 is 1.00 bits per heavy atom. The Hall–Kier alpha value is -1.43. The highest BCUT2D eigenvalue weighted by molar-refractivity contribution is 6.58. The number of benzene rings is 2. The van der Waals surface area contributed by atoms with E-state index < -0.39 is 14.1 Å². The summed E-state index contributed by atoms with van der Waals surface area (Å²) in [5.74, 6) is 4.91. The van der Waals surface area contributed by atoms with Crippen LogP contribution in [0, 0.1) is 6.92 Å². The van der Waals surface area contributed by atoms with Gasteiger partial charge in [0, 0.05) is 23.3 Å². The van der Waals surface area contributed by atoms with Gasteiger partial charge in [0.1, 0.15) is 0 Å². The molecule has 3 rings (SSSR count). The standard InChI is InChI=1S/C16H17N2.2CH3.Al/c1-13-7-6-8-14-11-18(12-17(2)16(13)14)15-9-4-3-5-10-15;;;/h3-11H,12H2,1-2H3;2*1H3;. The number of nitrogens with zero attached hydrogens (tertiary/aromatic N) is 2. The predicted molar refractivity (Wildman–Crippen MR) is 93.6 cm³/mol. The molecule has 108 valence electrons. The molecule has 0 saturated carbocycles. The van der Waals surface area contributed by atoms with Crippen molar-refractivity contribution in [3.8, 4) is 0 Å². The van der Waals surface area contributed by atoms with Gasteiger partial charge >= 0.3 is 0 Å². The second-order valence-electron chi connectivity index (χ2n) is 6.35. The van der Waals surface area contributed by atoms with Crippen LogP contribution in [-0.2, 0) is 0 Å². The van der Waals surface area contributed by atoms with Crippen LogP contribution in [0.25, 0.3) is 0 Å². The van der Waals surface area contributed by atoms with E-state index in [0.29, 0.717) is 4.90 Å². The van der Waals surface area contributed by atoms with Gasteiger partial charge in [0.2, 0.25) is 0 Å². The summed E-state index contributed by atoms with van der Waals surface area (Å²) in [6.45, 7) is 3.20. The lowest BCUT2D eigenvalue weighted by Gasteiger charge is -2.46. The zero-order valence-corrected chi connectivity index (χ0v) is 14.5. The highest BCUT2D eigenvalue weighted by Gasteiger charge is 2.34. The Bertz CT molecular complexity index is 624. The maximum absolute atomic E-state index is 2.58. The largest absolute Gasteiger partial charge is 0.360 e. The fraction of sp³-hybridized carbons (Fsp3) is 0.333. The second kappa shape index (κ2) is 5.75. The molecule has 1 heterocycles. The zero-order valence-electron chi connectivity index (χ0n) is 13.4. The van der Waals surface area contributed by atoms with E-state index in [1.807, 2.05) is 0 Å². The van der Waals surface area contributed by atoms with Crippen LogP contribution in [0.15, 0.2) is 48.5 Å². The average molecular weight is 294 g/mol. The molecule has 0 spiro atoms. The first-order valence-corrected chi connectivity index (χ1v) is 10.7. The van der Waals surface area contributed by atoms with Gasteiger partial charge in [0.15, 0.2) is 0 Å². The van der Waals surface area contributed by atoms with Crippen LogP contribution >= 0.6 is 0 Å². The molecule has 3 heteroatoms. The number of para-hydroxylation sites is 2. The van der Waals surface area contributed by atoms with Crippen LogP contribution in [-0.4, -0.2) is 27.9 Å². The van der Waals surface area contributed by atoms with Gasteiger partial charge in [0.25, 0.3) is 14.1 Å². The molecule has 2 nitrogen and oxygen atoms in total. The third-order valence-corrected chi connectivity index (χ3v) is 6.37. The van der Waals surface area contributed by atoms with E-state index in [-0.39, 0.29) is 0 Å². The SMILES string of the molecule is Cc1cccc2c1N(C)CN(c1ccccc1)[CH]2[Al]([CH3])[CH3]. The summed E-state index contributed by atoms with van der Waals surface area (Å²) in [6, 6.07) is 17.6. The van der Waals surface area contributed by atoms with Crippen LogP contribution in [0.3, 0.4) is 0 Å². The quantitative estimate of drug-likeness (QED) is 0.764. The van der Waals surface area contributed by atoms with Crippen LogP contribution in [0.1, 0.15) is 16.0 Å². The summed E-state index contributed by atoms with van der Waals surface area (Å²) >= 11 is -0.865. The van der Waals surface area contributed by atoms with E-state index in [0.717, 1.165) is 6.67 Å². The number of hydrogen-bond acceptors (Lipinski definition) is 2. The first kappa shape index (κ1) is 14.5. The molecule has 0 saturated heterocycles. The molecule has 1 aliphatic heterocycles. The highest BCUT2D eigenvalue weighted by Crippen LogP contribution is 2.40. The minimum absolute atomic E-state index is 0.568. The first-order valence-electron chi connectivity index (χ1n) is 7.72. The summed E-state index contributed by atoms with van der Waals surface area (Å²) < 4.78 is 0. The van der Waals surface area contributed by atoms with E-state index in [1.165, 1.54) is 22.5 Å². The molecule has 1 unspecified atom stereocenters. The second-order valence-corrected chi connectivity index (χ2v) is 9.47. The molecule has 2 aromatic carbocycles. The lowest BCUT2D eigenvalue weighted by atomic mass is 10.0. The maximum atomic E-state index is 2.58. The molecule has 0 aromatic heterocycles. The average Bonchev–Trinajstić information content (AvgIpc) is 2.47. The van der Waals surface area contributed by atoms with Gasteiger partial charge in [0.05, 0.1) is 6.67 Å². The predicted octanol–water partition coefficient (Wildman–Crippen LogP) is 4.24. The molecule has 0 N–H and O–H groups in total. The number of anilines is 2. The van der Waals surface area contributed by atoms with Gasteiger partial charge in [-0.25, -0.2) is 0 Å². The summed E-state index contributed by atoms with van der Waals surface area (Å²) in [4.78, 5) is 5.54. The Kier molecular flexibility index (Phi) is 3.97. The van der Waals surface area contributed by atoms with Crippen molar-refractivity contribution in [2.45, 2.75) is 23.4 Å². The van der Waals surface area contributed by atoms with Crippen molar-refractivity contribution >= 4 is 25.5 Å². The molecule has 1 aliphatic rings. The smallest absolute Gasteiger partial charge is 0.296 e. The summed E-state index contributed by atoms with van der Waals surface area (Å²) in [7, 11) is 2.21. The molecule has 0 aliphatic carbocycles. The van der Waals surface area contributed by atoms with Crippen LogP contribution < -0.4 is 9.80 Å². The van der Waals surface area contributed by atoms with Crippen molar-refractivity contribution in [1.82, 2.24) is 0 Å². The van der Waals surface area contributed by atoms with Crippen molar-refractivity contribution in [3.63, 3.8) is 0 Å². The fourth-order valence-electron chi connectivity index (χ4n) is 3.58. The monoisotopic (exact) mass is 294 g/mol. The zero-order chi connectivity index (χ0) is 15.0. The van der Waals surface area contributed by atoms with Gasteiger partial charge in [-0.15, -0.1) is 11.6 Å². The summed E-state index contributed by atoms with van der Waals surface area (Å²) in [5.41, 5.74) is 5.68. The molecule has 1 atom stereocenters. The maximum Gasteiger partial charge on any atom is 0.296 e. The van der Waals surface area contributed by atoms with Crippen LogP contribution in [0.4, 0.5) is 11.4 Å². The Morgan fingerprint density at radius 2 is 1.71 bits per heavy atom. The number of aryl methyl sites for hydroxylation is 1. The summed E-state index contributed by atoms with van der Waals surface area (Å²) in [6.07, 6.45) is 0. The van der Waals surface area contributed by atoms with E-state index in [1.54, 1.807) is 0 Å². The lowest BCUT2D eigenvalue weighted by Crippen LogP contribution is -2.47. The fourth-order valence-corrected chi connectivity index (χ4v) is 5.55. The van der Waals surface area contributed by atoms with E-state index in [2.05, 4.69) is 83.9 Å². The van der Waals surface area contributed by atoms with Crippen molar-refractivity contribution in [2.75, 3.05) is 23.5 Å². The minimum atomic E-state index is -0.865. The van der Waals surface area contributed by atoms with Gasteiger partial charge in [-0.1, -0.05) is 36.4 Å². The van der Waals surface area contributed by atoms with E-state index >= 15 is 0 Å². The minimum Gasteiger partial charge on any atom is -0.360 e. The first-order chi connectivity index (χ1) is 10.1. The van der Waals surface area contributed by atoms with Crippen molar-refractivity contribution < 1.29 is 0 Å². The van der Waals surface area contributed by atoms with E-state index in [9.17, 15) is 0 Å². The Morgan fingerprint density at radius 3 is 2.38 bits per heavy atom. The third-order valence-electron chi connectivity index (χ3n) is 4.39. The molecule has 2 aromatic rings. The Labute approximate surface area is 132 Å². The van der Waals surface area contributed by atoms with Crippen LogP contribution in [0.5, 0.6) is 0 Å². The Balaban J connectivity index is 2.13. The van der Waals surface area contributed by atoms with Crippen molar-refractivity contribution in [3.05, 3.63) is 59.7 Å². The lowest BCUT2D eigenvalue weighted by molar-refractivity contribution is 0.700. The molecule has 0 bridgehead atoms. The van der Waals surface area contributed by atoms with Crippen molar-refractivity contribution in [1.29, 1.82) is 0 Å². The van der Waals surface area contributed by atoms with E-state index in [4.69, 9.17) is 0 Å². The number of rotatable bonds is 2. The van der Waals surface area contributed by atoms with Crippen molar-refractivity contribution in [2.24, 2.45) is 0 Å². The van der Waals surface area contributed by atoms with Gasteiger partial charge < -0.3 is 9.80 Å². The molecule has 0 radical (unpaired) electrons. The number of fused-ring (bicyclic) bond motifs is 1. The highest BCUT2D eigenvalue weighted by atomic mass is 27.2.